The van der Waals surface area contributed by atoms with Gasteiger partial charge in [-0.1, -0.05) is 0 Å². The van der Waals surface area contributed by atoms with Crippen molar-refractivity contribution in [3.63, 3.8) is 0 Å². The van der Waals surface area contributed by atoms with Gasteiger partial charge in [0.2, 0.25) is 0 Å². The van der Waals surface area contributed by atoms with Crippen LogP contribution in [0.3, 0.4) is 0 Å². The molecular weight excluding hydrogens is 856 g/mol. The molecule has 0 spiro atoms. The zero-order valence-electron chi connectivity index (χ0n) is 3.01. The predicted molar refractivity (Wildman–Crippen MR) is 27.7 cm³/mol. The van der Waals surface area contributed by atoms with Crippen molar-refractivity contribution >= 4 is 39.6 Å². The summed E-state index contributed by atoms with van der Waals surface area (Å²) in [5.41, 5.74) is 0. The molecule has 0 aromatic rings. The van der Waals surface area contributed by atoms with Crippen LogP contribution in [0.5, 0.6) is 0 Å². The molecule has 0 fully saturated rings. The first-order valence-electron chi connectivity index (χ1n) is 0. The molecule has 0 unspecified atom stereocenters. The summed E-state index contributed by atoms with van der Waals surface area (Å²) in [6.45, 7) is 0. The first kappa shape index (κ1) is 60.8. The van der Waals surface area contributed by atoms with E-state index in [4.69, 9.17) is 0 Å². The molecular formula is P4Pu3-12. The first-order chi connectivity index (χ1) is 0. The molecule has 0 N–H and O–H groups in total. The normalized spacial score (nSPS) is 0. The summed E-state index contributed by atoms with van der Waals surface area (Å²) in [7, 11) is 0. The van der Waals surface area contributed by atoms with Crippen molar-refractivity contribution in [1.29, 1.82) is 0 Å². The molecule has 0 heterocycles. The van der Waals surface area contributed by atoms with Crippen molar-refractivity contribution in [2.75, 3.05) is 0 Å². The van der Waals surface area contributed by atoms with E-state index >= 15 is 0 Å². The standard InChI is InChI=1S/4P.3Pu/q4*-3;;;. The summed E-state index contributed by atoms with van der Waals surface area (Å²) in [6.07, 6.45) is 0. The molecule has 0 aromatic carbocycles. The first-order valence-corrected chi connectivity index (χ1v) is 0. The fraction of sp³-hybridized carbons (Fsp3) is 0. The van der Waals surface area contributed by atoms with Gasteiger partial charge in [-0.2, -0.15) is 0 Å². The van der Waals surface area contributed by atoms with Gasteiger partial charge in [-0.3, -0.25) is 0 Å². The van der Waals surface area contributed by atoms with Crippen LogP contribution < -0.4 is 0 Å². The molecule has 7 heavy (non-hydrogen) atoms. The Labute approximate surface area is 125 Å². The Morgan fingerprint density at radius 1 is 0.286 bits per heavy atom. The van der Waals surface area contributed by atoms with Gasteiger partial charge in [0.25, 0.3) is 0 Å². The van der Waals surface area contributed by atoms with Gasteiger partial charge in [-0.25, -0.2) is 0 Å². The molecule has 0 radical (unpaired) electrons. The van der Waals surface area contributed by atoms with Crippen molar-refractivity contribution in [2.24, 2.45) is 0 Å². The largest absolute Gasteiger partial charge is 3.00 e. The topological polar surface area (TPSA) is 0 Å². The number of hydrogen-bond acceptors (Lipinski definition) is 0. The SMILES string of the molecule is [P-3].[P-3].[P-3].[P-3].[Pu].[Pu].[Pu]. The van der Waals surface area contributed by atoms with Crippen molar-refractivity contribution < 1.29 is 87.5 Å². The van der Waals surface area contributed by atoms with Gasteiger partial charge in [0.1, 0.15) is 0 Å². The third-order valence-corrected chi connectivity index (χ3v) is 0. The Bertz CT molecular complexity index is 6.90. The molecule has 0 rings (SSSR count). The second-order valence-corrected chi connectivity index (χ2v) is 0. The van der Waals surface area contributed by atoms with Crippen LogP contribution in [0.25, 0.3) is 0 Å². The quantitative estimate of drug-likeness (QED) is 0.328. The number of hydrogen-bond donors (Lipinski definition) is 0. The Morgan fingerprint density at radius 3 is 0.286 bits per heavy atom. The summed E-state index contributed by atoms with van der Waals surface area (Å²) in [4.78, 5) is 0. The Kier molecular flexibility index (Phi) is 397. The van der Waals surface area contributed by atoms with Crippen LogP contribution >= 0.6 is 39.6 Å². The third kappa shape index (κ3) is 36.7. The van der Waals surface area contributed by atoms with Gasteiger partial charge in [-0.15, -0.1) is 0 Å². The summed E-state index contributed by atoms with van der Waals surface area (Å²) in [5.74, 6) is 0. The molecule has 0 aliphatic heterocycles. The van der Waals surface area contributed by atoms with Gasteiger partial charge in [0.05, 0.1) is 0 Å². The van der Waals surface area contributed by atoms with Crippen LogP contribution in [-0.4, -0.2) is 0 Å². The minimum Gasteiger partial charge on any atom is -3.00 e. The average Bonchev–Trinajstić information content (AvgIpc) is 0. The maximum atomic E-state index is 0. The zero-order valence-corrected chi connectivity index (χ0v) is 16.8. The molecule has 0 atom stereocenters. The van der Waals surface area contributed by atoms with E-state index in [1.54, 1.807) is 0 Å². The van der Waals surface area contributed by atoms with Crippen LogP contribution in [0, 0.1) is 87.5 Å². The zero-order chi connectivity index (χ0) is 0. The van der Waals surface area contributed by atoms with Crippen molar-refractivity contribution in [2.45, 2.75) is 0 Å². The van der Waals surface area contributed by atoms with Crippen molar-refractivity contribution in [3.8, 4) is 0 Å². The predicted octanol–water partition coefficient (Wildman–Crippen LogP) is 3.44. The summed E-state index contributed by atoms with van der Waals surface area (Å²) in [6, 6.07) is 0. The molecule has 0 aromatic heterocycles. The minimum atomic E-state index is 0. The molecule has 50 valence electrons. The van der Waals surface area contributed by atoms with E-state index in [9.17, 15) is 0 Å². The van der Waals surface area contributed by atoms with E-state index in [1.165, 1.54) is 0 Å². The van der Waals surface area contributed by atoms with E-state index in [-0.39, 0.29) is 127 Å². The van der Waals surface area contributed by atoms with Crippen LogP contribution in [0.1, 0.15) is 0 Å². The summed E-state index contributed by atoms with van der Waals surface area (Å²) < 4.78 is 0. The molecule has 0 aliphatic rings. The summed E-state index contributed by atoms with van der Waals surface area (Å²) in [5, 5.41) is 0. The Hall–Kier alpha value is 4.68. The maximum absolute atomic E-state index is 0. The van der Waals surface area contributed by atoms with E-state index in [1.807, 2.05) is 0 Å². The third-order valence-electron chi connectivity index (χ3n) is 0. The smallest absolute Gasteiger partial charge is 0 e. The van der Waals surface area contributed by atoms with Crippen LogP contribution in [0.2, 0.25) is 0 Å². The molecule has 0 aliphatic carbocycles. The van der Waals surface area contributed by atoms with Crippen LogP contribution in [0.15, 0.2) is 0 Å². The fourth-order valence-corrected chi connectivity index (χ4v) is 0. The molecule has 0 saturated carbocycles. The Balaban J connectivity index is 0. The van der Waals surface area contributed by atoms with E-state index in [2.05, 4.69) is 0 Å². The van der Waals surface area contributed by atoms with E-state index in [0.29, 0.717) is 0 Å². The van der Waals surface area contributed by atoms with Gasteiger partial charge >= 0.3 is 0 Å². The van der Waals surface area contributed by atoms with Gasteiger partial charge < -0.3 is 39.6 Å². The second-order valence-electron chi connectivity index (χ2n) is 0. The van der Waals surface area contributed by atoms with Gasteiger partial charge in [0, 0.05) is 87.5 Å². The molecule has 0 bridgehead atoms. The van der Waals surface area contributed by atoms with Crippen molar-refractivity contribution in [3.05, 3.63) is 0 Å². The van der Waals surface area contributed by atoms with Crippen molar-refractivity contribution in [1.82, 2.24) is 0 Å². The Morgan fingerprint density at radius 2 is 0.286 bits per heavy atom. The number of rotatable bonds is 0. The van der Waals surface area contributed by atoms with E-state index in [0.717, 1.165) is 0 Å². The van der Waals surface area contributed by atoms with Gasteiger partial charge in [-0.05, 0) is 0 Å². The van der Waals surface area contributed by atoms with Crippen LogP contribution in [-0.2, 0) is 0 Å². The average molecular weight is 856 g/mol. The van der Waals surface area contributed by atoms with Gasteiger partial charge in [0.15, 0.2) is 0 Å². The minimum absolute atomic E-state index is 0. The molecule has 0 saturated heterocycles. The monoisotopic (exact) mass is 838 g/mol. The molecule has 7 heteroatoms. The maximum Gasteiger partial charge on any atom is 0 e. The van der Waals surface area contributed by atoms with Crippen LogP contribution in [0.4, 0.5) is 0 Å². The summed E-state index contributed by atoms with van der Waals surface area (Å²) >= 11 is 0. The fourth-order valence-electron chi connectivity index (χ4n) is 0. The molecule has 0 amide bonds. The molecule has 0 nitrogen and oxygen atoms in total. The second kappa shape index (κ2) is 45.7. The van der Waals surface area contributed by atoms with E-state index < -0.39 is 0 Å².